The Kier molecular flexibility index (Phi) is 4.70. The smallest absolute Gasteiger partial charge is 0.347 e. The molecule has 0 saturated carbocycles. The molecule has 0 aliphatic carbocycles. The monoisotopic (exact) mass is 346 g/mol. The van der Waals surface area contributed by atoms with Gasteiger partial charge in [0.25, 0.3) is 5.91 Å². The number of alkyl halides is 3. The van der Waals surface area contributed by atoms with E-state index in [1.807, 2.05) is 0 Å². The first-order chi connectivity index (χ1) is 10.6. The Morgan fingerprint density at radius 3 is 2.57 bits per heavy atom. The largest absolute Gasteiger partial charge is 0.406 e. The van der Waals surface area contributed by atoms with Crippen molar-refractivity contribution in [3.8, 4) is 0 Å². The molecule has 0 N–H and O–H groups in total. The van der Waals surface area contributed by atoms with Gasteiger partial charge in [0.2, 0.25) is 5.43 Å². The van der Waals surface area contributed by atoms with Crippen LogP contribution in [0.2, 0.25) is 5.02 Å². The Balaban J connectivity index is 2.59. The van der Waals surface area contributed by atoms with Gasteiger partial charge in [-0.1, -0.05) is 11.6 Å². The highest BCUT2D eigenvalue weighted by molar-refractivity contribution is 6.31. The van der Waals surface area contributed by atoms with Crippen LogP contribution in [-0.2, 0) is 6.54 Å². The minimum absolute atomic E-state index is 0.200. The maximum absolute atomic E-state index is 12.5. The number of amides is 1. The van der Waals surface area contributed by atoms with Crippen molar-refractivity contribution in [2.45, 2.75) is 19.6 Å². The average Bonchev–Trinajstić information content (AvgIpc) is 2.45. The highest BCUT2D eigenvalue weighted by Gasteiger charge is 2.32. The molecule has 1 aromatic carbocycles. The number of benzene rings is 1. The molecule has 124 valence electrons. The van der Waals surface area contributed by atoms with Crippen molar-refractivity contribution >= 4 is 28.4 Å². The summed E-state index contributed by atoms with van der Waals surface area (Å²) in [6, 6.07) is 4.65. The zero-order chi connectivity index (χ0) is 17.4. The molecule has 2 aromatic rings. The third-order valence-electron chi connectivity index (χ3n) is 3.38. The van der Waals surface area contributed by atoms with Crippen molar-refractivity contribution in [3.63, 3.8) is 0 Å². The molecule has 8 heteroatoms. The highest BCUT2D eigenvalue weighted by atomic mass is 35.5. The molecule has 1 aromatic heterocycles. The van der Waals surface area contributed by atoms with E-state index in [0.29, 0.717) is 22.0 Å². The molecule has 0 bridgehead atoms. The fourth-order valence-corrected chi connectivity index (χ4v) is 2.50. The second-order valence-electron chi connectivity index (χ2n) is 5.10. The summed E-state index contributed by atoms with van der Waals surface area (Å²) >= 11 is 5.88. The van der Waals surface area contributed by atoms with Crippen molar-refractivity contribution in [1.82, 2.24) is 9.47 Å². The van der Waals surface area contributed by atoms with Crippen molar-refractivity contribution in [2.24, 2.45) is 0 Å². The Labute approximate surface area is 135 Å². The van der Waals surface area contributed by atoms with Crippen LogP contribution in [0, 0.1) is 0 Å². The zero-order valence-electron chi connectivity index (χ0n) is 12.4. The average molecular weight is 347 g/mol. The predicted molar refractivity (Wildman–Crippen MR) is 81.9 cm³/mol. The molecular weight excluding hydrogens is 333 g/mol. The first kappa shape index (κ1) is 17.3. The molecule has 0 unspecified atom stereocenters. The van der Waals surface area contributed by atoms with Crippen LogP contribution in [0.25, 0.3) is 10.9 Å². The second-order valence-corrected chi connectivity index (χ2v) is 5.53. The van der Waals surface area contributed by atoms with Gasteiger partial charge in [0.05, 0.1) is 5.52 Å². The molecule has 0 aliphatic rings. The molecular formula is C15H14ClF3N2O2. The summed E-state index contributed by atoms with van der Waals surface area (Å²) < 4.78 is 38.9. The lowest BCUT2D eigenvalue weighted by Gasteiger charge is -2.19. The Hall–Kier alpha value is -2.02. The maximum atomic E-state index is 12.5. The van der Waals surface area contributed by atoms with Crippen LogP contribution in [-0.4, -0.2) is 35.1 Å². The van der Waals surface area contributed by atoms with E-state index in [0.717, 1.165) is 7.05 Å². The van der Waals surface area contributed by atoms with E-state index in [2.05, 4.69) is 0 Å². The van der Waals surface area contributed by atoms with Gasteiger partial charge < -0.3 is 9.47 Å². The molecule has 1 heterocycles. The number of nitrogens with zero attached hydrogens (tertiary/aromatic N) is 2. The fourth-order valence-electron chi connectivity index (χ4n) is 2.33. The van der Waals surface area contributed by atoms with Crippen LogP contribution in [0.1, 0.15) is 17.3 Å². The van der Waals surface area contributed by atoms with Crippen LogP contribution in [0.4, 0.5) is 13.2 Å². The Morgan fingerprint density at radius 1 is 1.35 bits per heavy atom. The summed E-state index contributed by atoms with van der Waals surface area (Å²) in [5.74, 6) is -0.976. The van der Waals surface area contributed by atoms with Gasteiger partial charge >= 0.3 is 6.18 Å². The minimum Gasteiger partial charge on any atom is -0.347 e. The lowest BCUT2D eigenvalue weighted by Crippen LogP contribution is -2.38. The molecule has 2 rings (SSSR count). The van der Waals surface area contributed by atoms with Crippen molar-refractivity contribution in [2.75, 3.05) is 13.6 Å². The number of fused-ring (bicyclic) bond motifs is 1. The van der Waals surface area contributed by atoms with Gasteiger partial charge in [-0.2, -0.15) is 13.2 Å². The van der Waals surface area contributed by atoms with Crippen molar-refractivity contribution in [3.05, 3.63) is 45.2 Å². The molecule has 0 atom stereocenters. The number of carbonyl (C=O) groups is 1. The fraction of sp³-hybridized carbons (Fsp3) is 0.333. The number of aryl methyl sites for hydroxylation is 1. The van der Waals surface area contributed by atoms with E-state index < -0.39 is 24.1 Å². The standard InChI is InChI=1S/C15H14ClF3N2O2/c1-3-21-7-11(14(23)20(2)8-15(17,18)19)13(22)10-6-9(16)4-5-12(10)21/h4-7H,3,8H2,1-2H3. The summed E-state index contributed by atoms with van der Waals surface area (Å²) in [5, 5.41) is 0.510. The summed E-state index contributed by atoms with van der Waals surface area (Å²) in [7, 11) is 1.01. The number of carbonyl (C=O) groups excluding carboxylic acids is 1. The molecule has 0 fully saturated rings. The van der Waals surface area contributed by atoms with Crippen LogP contribution >= 0.6 is 11.6 Å². The third kappa shape index (κ3) is 3.67. The van der Waals surface area contributed by atoms with E-state index in [1.165, 1.54) is 12.3 Å². The van der Waals surface area contributed by atoms with Gasteiger partial charge in [-0.25, -0.2) is 0 Å². The number of aromatic nitrogens is 1. The summed E-state index contributed by atoms with van der Waals surface area (Å²) in [5.41, 5.74) is -0.378. The van der Waals surface area contributed by atoms with Crippen LogP contribution in [0.5, 0.6) is 0 Å². The van der Waals surface area contributed by atoms with Gasteiger partial charge in [-0.15, -0.1) is 0 Å². The molecule has 4 nitrogen and oxygen atoms in total. The number of hydrogen-bond donors (Lipinski definition) is 0. The Bertz CT molecular complexity index is 815. The zero-order valence-corrected chi connectivity index (χ0v) is 13.2. The minimum atomic E-state index is -4.53. The first-order valence-electron chi connectivity index (χ1n) is 6.79. The lowest BCUT2D eigenvalue weighted by molar-refractivity contribution is -0.138. The van der Waals surface area contributed by atoms with Gasteiger partial charge in [-0.05, 0) is 25.1 Å². The summed E-state index contributed by atoms with van der Waals surface area (Å²) in [4.78, 5) is 25.2. The lowest BCUT2D eigenvalue weighted by atomic mass is 10.1. The van der Waals surface area contributed by atoms with Crippen LogP contribution < -0.4 is 5.43 Å². The Morgan fingerprint density at radius 2 is 2.00 bits per heavy atom. The quantitative estimate of drug-likeness (QED) is 0.855. The van der Waals surface area contributed by atoms with E-state index in [4.69, 9.17) is 11.6 Å². The molecule has 1 amide bonds. The SMILES string of the molecule is CCn1cc(C(=O)N(C)CC(F)(F)F)c(=O)c2cc(Cl)ccc21. The number of pyridine rings is 1. The third-order valence-corrected chi connectivity index (χ3v) is 3.61. The normalized spacial score (nSPS) is 11.7. The van der Waals surface area contributed by atoms with Crippen LogP contribution in [0.15, 0.2) is 29.2 Å². The predicted octanol–water partition coefficient (Wildman–Crippen LogP) is 3.31. The van der Waals surface area contributed by atoms with E-state index in [9.17, 15) is 22.8 Å². The molecule has 0 spiro atoms. The van der Waals surface area contributed by atoms with Crippen molar-refractivity contribution in [1.29, 1.82) is 0 Å². The van der Waals surface area contributed by atoms with Gasteiger partial charge in [0, 0.05) is 30.2 Å². The molecule has 0 aliphatic heterocycles. The van der Waals surface area contributed by atoms with Crippen molar-refractivity contribution < 1.29 is 18.0 Å². The summed E-state index contributed by atoms with van der Waals surface area (Å²) in [6.45, 7) is 0.818. The number of hydrogen-bond acceptors (Lipinski definition) is 2. The van der Waals surface area contributed by atoms with Gasteiger partial charge in [0.15, 0.2) is 0 Å². The topological polar surface area (TPSA) is 42.3 Å². The maximum Gasteiger partial charge on any atom is 0.406 e. The second kappa shape index (κ2) is 6.23. The van der Waals surface area contributed by atoms with E-state index in [1.54, 1.807) is 23.6 Å². The van der Waals surface area contributed by atoms with Gasteiger partial charge in [-0.3, -0.25) is 9.59 Å². The van der Waals surface area contributed by atoms with Crippen LogP contribution in [0.3, 0.4) is 0 Å². The van der Waals surface area contributed by atoms with E-state index in [-0.39, 0.29) is 10.9 Å². The molecule has 0 saturated heterocycles. The summed E-state index contributed by atoms with van der Waals surface area (Å²) in [6.07, 6.45) is -3.25. The van der Waals surface area contributed by atoms with E-state index >= 15 is 0 Å². The first-order valence-corrected chi connectivity index (χ1v) is 7.16. The molecule has 0 radical (unpaired) electrons. The molecule has 23 heavy (non-hydrogen) atoms. The highest BCUT2D eigenvalue weighted by Crippen LogP contribution is 2.20. The number of halogens is 4. The number of rotatable bonds is 3. The van der Waals surface area contributed by atoms with Gasteiger partial charge in [0.1, 0.15) is 12.1 Å².